The van der Waals surface area contributed by atoms with E-state index in [4.69, 9.17) is 27.9 Å². The lowest BCUT2D eigenvalue weighted by molar-refractivity contribution is -0.128. The lowest BCUT2D eigenvalue weighted by Crippen LogP contribution is -2.42. The molecule has 0 atom stereocenters. The van der Waals surface area contributed by atoms with Crippen molar-refractivity contribution in [3.05, 3.63) is 63.9 Å². The number of amides is 1. The van der Waals surface area contributed by atoms with Gasteiger partial charge in [0.25, 0.3) is 5.91 Å². The van der Waals surface area contributed by atoms with Gasteiger partial charge < -0.3 is 4.74 Å². The van der Waals surface area contributed by atoms with Gasteiger partial charge >= 0.3 is 0 Å². The van der Waals surface area contributed by atoms with E-state index in [9.17, 15) is 9.18 Å². The van der Waals surface area contributed by atoms with E-state index in [0.29, 0.717) is 36.6 Å². The van der Waals surface area contributed by atoms with Crippen molar-refractivity contribution < 1.29 is 13.9 Å². The Kier molecular flexibility index (Phi) is 7.00. The summed E-state index contributed by atoms with van der Waals surface area (Å²) in [6, 6.07) is 11.3. The van der Waals surface area contributed by atoms with Gasteiger partial charge in [-0.2, -0.15) is 0 Å². The zero-order chi connectivity index (χ0) is 21.0. The summed E-state index contributed by atoms with van der Waals surface area (Å²) < 4.78 is 20.2. The summed E-state index contributed by atoms with van der Waals surface area (Å²) in [5.74, 6) is 0.0745. The molecule has 0 saturated heterocycles. The Balaban J connectivity index is 1.60. The maximum atomic E-state index is 13.9. The second-order valence-electron chi connectivity index (χ2n) is 6.38. The molecule has 1 amide bonds. The second-order valence-corrected chi connectivity index (χ2v) is 9.43. The van der Waals surface area contributed by atoms with Crippen molar-refractivity contribution in [1.82, 2.24) is 10.2 Å². The van der Waals surface area contributed by atoms with Gasteiger partial charge in [0.2, 0.25) is 5.13 Å². The van der Waals surface area contributed by atoms with Crippen LogP contribution in [0.25, 0.3) is 0 Å². The fourth-order valence-electron chi connectivity index (χ4n) is 2.21. The maximum Gasteiger partial charge on any atom is 0.269 e. The van der Waals surface area contributed by atoms with Gasteiger partial charge in [-0.3, -0.25) is 10.1 Å². The molecule has 0 aliphatic rings. The highest BCUT2D eigenvalue weighted by Crippen LogP contribution is 2.32. The number of nitrogens with zero attached hydrogens (tertiary/aromatic N) is 2. The molecule has 1 aromatic heterocycles. The zero-order valence-corrected chi connectivity index (χ0v) is 18.6. The first kappa shape index (κ1) is 21.8. The Morgan fingerprint density at radius 3 is 2.62 bits per heavy atom. The molecule has 2 aromatic carbocycles. The summed E-state index contributed by atoms with van der Waals surface area (Å²) in [7, 11) is 0. The van der Waals surface area contributed by atoms with Crippen LogP contribution in [0.2, 0.25) is 10.0 Å². The lowest BCUT2D eigenvalue weighted by atomic mass is 10.1. The van der Waals surface area contributed by atoms with E-state index in [2.05, 4.69) is 15.5 Å². The molecule has 0 aliphatic heterocycles. The predicted molar refractivity (Wildman–Crippen MR) is 116 cm³/mol. The molecular weight excluding hydrogens is 456 g/mol. The Morgan fingerprint density at radius 2 is 1.93 bits per heavy atom. The predicted octanol–water partition coefficient (Wildman–Crippen LogP) is 6.07. The molecule has 0 bridgehead atoms. The van der Waals surface area contributed by atoms with Crippen molar-refractivity contribution in [1.29, 1.82) is 0 Å². The molecule has 152 valence electrons. The van der Waals surface area contributed by atoms with Crippen LogP contribution in [0, 0.1) is 5.82 Å². The third-order valence-electron chi connectivity index (χ3n) is 3.76. The van der Waals surface area contributed by atoms with Gasteiger partial charge in [0.05, 0.1) is 0 Å². The summed E-state index contributed by atoms with van der Waals surface area (Å²) >= 11 is 14.4. The van der Waals surface area contributed by atoms with Gasteiger partial charge in [0, 0.05) is 21.4 Å². The molecule has 3 aromatic rings. The first-order chi connectivity index (χ1) is 13.7. The molecule has 5 nitrogen and oxygen atoms in total. The van der Waals surface area contributed by atoms with Gasteiger partial charge in [-0.1, -0.05) is 52.4 Å². The number of rotatable bonds is 7. The minimum Gasteiger partial charge on any atom is -0.478 e. The average Bonchev–Trinajstić information content (AvgIpc) is 3.10. The van der Waals surface area contributed by atoms with Crippen LogP contribution in [-0.2, 0) is 10.5 Å². The minimum absolute atomic E-state index is 0.305. The van der Waals surface area contributed by atoms with E-state index in [0.717, 1.165) is 0 Å². The Labute approximate surface area is 185 Å². The smallest absolute Gasteiger partial charge is 0.269 e. The second kappa shape index (κ2) is 9.30. The third-order valence-corrected chi connectivity index (χ3v) is 6.37. The summed E-state index contributed by atoms with van der Waals surface area (Å²) in [5, 5.41) is 11.9. The SMILES string of the molecule is CC(C)(Oc1ccc(Cl)cc1)C(=O)Nc1nnc(SCc2c(F)cccc2Cl)s1. The molecule has 0 radical (unpaired) electrons. The minimum atomic E-state index is -1.15. The number of ether oxygens (including phenoxy) is 1. The molecule has 3 rings (SSSR count). The highest BCUT2D eigenvalue weighted by Gasteiger charge is 2.31. The number of hydrogen-bond acceptors (Lipinski definition) is 6. The Morgan fingerprint density at radius 1 is 1.21 bits per heavy atom. The summed E-state index contributed by atoms with van der Waals surface area (Å²) in [6.45, 7) is 3.29. The molecule has 0 unspecified atom stereocenters. The molecule has 0 spiro atoms. The molecular formula is C19H16Cl2FN3O2S2. The number of carbonyl (C=O) groups excluding carboxylic acids is 1. The topological polar surface area (TPSA) is 64.1 Å². The van der Waals surface area contributed by atoms with Gasteiger partial charge in [-0.15, -0.1) is 10.2 Å². The van der Waals surface area contributed by atoms with E-state index >= 15 is 0 Å². The molecule has 1 heterocycles. The van der Waals surface area contributed by atoms with Crippen molar-refractivity contribution >= 4 is 57.3 Å². The summed E-state index contributed by atoms with van der Waals surface area (Å²) in [6.07, 6.45) is 0. The number of anilines is 1. The number of nitrogens with one attached hydrogen (secondary N) is 1. The summed E-state index contributed by atoms with van der Waals surface area (Å²) in [5.41, 5.74) is -0.745. The third kappa shape index (κ3) is 5.82. The number of carbonyl (C=O) groups is 1. The van der Waals surface area contributed by atoms with E-state index in [-0.39, 0.29) is 11.7 Å². The van der Waals surface area contributed by atoms with Gasteiger partial charge in [0.1, 0.15) is 11.6 Å². The first-order valence-corrected chi connectivity index (χ1v) is 11.0. The van der Waals surface area contributed by atoms with E-state index in [1.807, 2.05) is 0 Å². The Bertz CT molecular complexity index is 993. The van der Waals surface area contributed by atoms with Crippen LogP contribution in [0.15, 0.2) is 46.8 Å². The molecule has 0 fully saturated rings. The standard InChI is InChI=1S/C19H16Cl2FN3O2S2/c1-19(2,27-12-8-6-11(20)7-9-12)16(26)23-17-24-25-18(29-17)28-10-13-14(21)4-3-5-15(13)22/h3-9H,10H2,1-2H3,(H,23,24,26). The van der Waals surface area contributed by atoms with Crippen LogP contribution < -0.4 is 10.1 Å². The fourth-order valence-corrected chi connectivity index (χ4v) is 4.43. The van der Waals surface area contributed by atoms with Crippen LogP contribution in [0.1, 0.15) is 19.4 Å². The summed E-state index contributed by atoms with van der Waals surface area (Å²) in [4.78, 5) is 12.6. The van der Waals surface area contributed by atoms with Crippen LogP contribution in [0.4, 0.5) is 9.52 Å². The van der Waals surface area contributed by atoms with Crippen molar-refractivity contribution in [2.45, 2.75) is 29.5 Å². The molecule has 29 heavy (non-hydrogen) atoms. The zero-order valence-electron chi connectivity index (χ0n) is 15.4. The van der Waals surface area contributed by atoms with Crippen LogP contribution >= 0.6 is 46.3 Å². The van der Waals surface area contributed by atoms with Crippen LogP contribution in [-0.4, -0.2) is 21.7 Å². The van der Waals surface area contributed by atoms with Crippen molar-refractivity contribution in [2.75, 3.05) is 5.32 Å². The highest BCUT2D eigenvalue weighted by atomic mass is 35.5. The fraction of sp³-hybridized carbons (Fsp3) is 0.211. The van der Waals surface area contributed by atoms with Crippen molar-refractivity contribution in [2.24, 2.45) is 0 Å². The van der Waals surface area contributed by atoms with Gasteiger partial charge in [-0.25, -0.2) is 4.39 Å². The molecule has 1 N–H and O–H groups in total. The quantitative estimate of drug-likeness (QED) is 0.334. The normalized spacial score (nSPS) is 11.3. The first-order valence-electron chi connectivity index (χ1n) is 8.40. The average molecular weight is 472 g/mol. The van der Waals surface area contributed by atoms with Crippen LogP contribution in [0.3, 0.4) is 0 Å². The number of thioether (sulfide) groups is 1. The van der Waals surface area contributed by atoms with Gasteiger partial charge in [0.15, 0.2) is 9.94 Å². The molecule has 10 heteroatoms. The van der Waals surface area contributed by atoms with E-state index in [1.54, 1.807) is 50.2 Å². The maximum absolute atomic E-state index is 13.9. The molecule has 0 aliphatic carbocycles. The van der Waals surface area contributed by atoms with Crippen molar-refractivity contribution in [3.8, 4) is 5.75 Å². The lowest BCUT2D eigenvalue weighted by Gasteiger charge is -2.24. The van der Waals surface area contributed by atoms with Gasteiger partial charge in [-0.05, 0) is 50.2 Å². The Hall–Kier alpha value is -1.87. The number of benzene rings is 2. The van der Waals surface area contributed by atoms with Crippen molar-refractivity contribution in [3.63, 3.8) is 0 Å². The van der Waals surface area contributed by atoms with E-state index in [1.165, 1.54) is 29.2 Å². The number of aromatic nitrogens is 2. The van der Waals surface area contributed by atoms with E-state index < -0.39 is 5.60 Å². The number of halogens is 3. The number of hydrogen-bond donors (Lipinski definition) is 1. The largest absolute Gasteiger partial charge is 0.478 e. The molecule has 0 saturated carbocycles. The highest BCUT2D eigenvalue weighted by molar-refractivity contribution is 8.00. The van der Waals surface area contributed by atoms with Crippen LogP contribution in [0.5, 0.6) is 5.75 Å². The monoisotopic (exact) mass is 471 g/mol.